The first-order chi connectivity index (χ1) is 13.9. The number of thiazole rings is 1. The highest BCUT2D eigenvalue weighted by molar-refractivity contribution is 7.99. The SMILES string of the molecule is Cc1cc(C)c2nc(N(CCCN(C)C)C(=O)CCSc3ccccc3)sc2c1.Cl. The van der Waals surface area contributed by atoms with Crippen LogP contribution in [0.2, 0.25) is 0 Å². The van der Waals surface area contributed by atoms with Crippen LogP contribution < -0.4 is 4.90 Å². The molecule has 1 aromatic heterocycles. The lowest BCUT2D eigenvalue weighted by molar-refractivity contribution is -0.118. The standard InChI is InChI=1S/C23H29N3OS2.ClH/c1-17-15-18(2)22-20(16-17)29-23(24-22)26(13-8-12-25(3)4)21(27)11-14-28-19-9-6-5-7-10-19;/h5-7,9-10,15-16H,8,11-14H2,1-4H3;1H. The Hall–Kier alpha value is -1.60. The Balaban J connectivity index is 0.00000320. The van der Waals surface area contributed by atoms with E-state index in [9.17, 15) is 4.79 Å². The molecule has 0 saturated carbocycles. The molecule has 1 heterocycles. The zero-order chi connectivity index (χ0) is 20.8. The lowest BCUT2D eigenvalue weighted by Gasteiger charge is -2.21. The highest BCUT2D eigenvalue weighted by atomic mass is 35.5. The van der Waals surface area contributed by atoms with Crippen LogP contribution in [0.4, 0.5) is 5.13 Å². The molecule has 0 unspecified atom stereocenters. The molecule has 0 N–H and O–H groups in total. The van der Waals surface area contributed by atoms with Gasteiger partial charge >= 0.3 is 0 Å². The van der Waals surface area contributed by atoms with Gasteiger partial charge in [-0.15, -0.1) is 24.2 Å². The molecule has 162 valence electrons. The van der Waals surface area contributed by atoms with Crippen molar-refractivity contribution >= 4 is 56.8 Å². The van der Waals surface area contributed by atoms with Crippen LogP contribution in [0.1, 0.15) is 24.0 Å². The maximum absolute atomic E-state index is 13.1. The summed E-state index contributed by atoms with van der Waals surface area (Å²) >= 11 is 3.35. The minimum atomic E-state index is 0. The maximum atomic E-state index is 13.1. The summed E-state index contributed by atoms with van der Waals surface area (Å²) < 4.78 is 1.15. The van der Waals surface area contributed by atoms with Crippen LogP contribution in [0.25, 0.3) is 10.2 Å². The molecular formula is C23H30ClN3OS2. The third-order valence-corrected chi connectivity index (χ3v) is 6.70. The van der Waals surface area contributed by atoms with Crippen molar-refractivity contribution in [3.05, 3.63) is 53.6 Å². The molecule has 4 nitrogen and oxygen atoms in total. The summed E-state index contributed by atoms with van der Waals surface area (Å²) in [6.45, 7) is 5.84. The maximum Gasteiger partial charge on any atom is 0.229 e. The molecule has 3 rings (SSSR count). The van der Waals surface area contributed by atoms with E-state index in [1.54, 1.807) is 23.1 Å². The quantitative estimate of drug-likeness (QED) is 0.375. The largest absolute Gasteiger partial charge is 0.309 e. The molecule has 0 aliphatic rings. The zero-order valence-electron chi connectivity index (χ0n) is 18.1. The number of hydrogen-bond acceptors (Lipinski definition) is 5. The van der Waals surface area contributed by atoms with Gasteiger partial charge in [0.05, 0.1) is 10.2 Å². The summed E-state index contributed by atoms with van der Waals surface area (Å²) in [7, 11) is 4.12. The molecule has 0 spiro atoms. The normalized spacial score (nSPS) is 11.0. The van der Waals surface area contributed by atoms with Gasteiger partial charge in [0.2, 0.25) is 5.91 Å². The Morgan fingerprint density at radius 1 is 1.10 bits per heavy atom. The molecule has 0 radical (unpaired) electrons. The second-order valence-electron chi connectivity index (χ2n) is 7.54. The average molecular weight is 464 g/mol. The van der Waals surface area contributed by atoms with Gasteiger partial charge in [-0.2, -0.15) is 0 Å². The number of thioether (sulfide) groups is 1. The fraction of sp³-hybridized carbons (Fsp3) is 0.391. The van der Waals surface area contributed by atoms with Crippen LogP contribution >= 0.6 is 35.5 Å². The smallest absolute Gasteiger partial charge is 0.229 e. The number of benzene rings is 2. The van der Waals surface area contributed by atoms with E-state index in [0.717, 1.165) is 34.1 Å². The molecule has 0 aliphatic heterocycles. The second kappa shape index (κ2) is 11.7. The molecule has 0 saturated heterocycles. The third-order valence-electron chi connectivity index (χ3n) is 4.67. The number of fused-ring (bicyclic) bond motifs is 1. The van der Waals surface area contributed by atoms with Crippen LogP contribution in [0, 0.1) is 13.8 Å². The Labute approximate surface area is 194 Å². The van der Waals surface area contributed by atoms with Gasteiger partial charge in [-0.3, -0.25) is 9.69 Å². The number of aromatic nitrogens is 1. The van der Waals surface area contributed by atoms with E-state index in [1.807, 2.05) is 23.1 Å². The van der Waals surface area contributed by atoms with Crippen molar-refractivity contribution in [1.82, 2.24) is 9.88 Å². The number of aryl methyl sites for hydroxylation is 2. The van der Waals surface area contributed by atoms with E-state index in [-0.39, 0.29) is 18.3 Å². The number of carbonyl (C=O) groups excluding carboxylic acids is 1. The van der Waals surface area contributed by atoms with E-state index < -0.39 is 0 Å². The Morgan fingerprint density at radius 2 is 1.83 bits per heavy atom. The van der Waals surface area contributed by atoms with Crippen LogP contribution in [0.3, 0.4) is 0 Å². The van der Waals surface area contributed by atoms with Gasteiger partial charge in [0.1, 0.15) is 0 Å². The number of rotatable bonds is 9. The van der Waals surface area contributed by atoms with Crippen LogP contribution in [-0.4, -0.2) is 48.7 Å². The minimum Gasteiger partial charge on any atom is -0.309 e. The summed E-state index contributed by atoms with van der Waals surface area (Å²) in [5, 5.41) is 0.821. The summed E-state index contributed by atoms with van der Waals surface area (Å²) in [4.78, 5) is 23.2. The molecule has 0 fully saturated rings. The summed E-state index contributed by atoms with van der Waals surface area (Å²) in [6.07, 6.45) is 1.44. The van der Waals surface area contributed by atoms with Crippen LogP contribution in [-0.2, 0) is 4.79 Å². The summed E-state index contributed by atoms with van der Waals surface area (Å²) in [5.74, 6) is 0.927. The molecular weight excluding hydrogens is 434 g/mol. The van der Waals surface area contributed by atoms with Crippen molar-refractivity contribution in [2.24, 2.45) is 0 Å². The Morgan fingerprint density at radius 3 is 2.53 bits per heavy atom. The van der Waals surface area contributed by atoms with E-state index in [4.69, 9.17) is 4.98 Å². The van der Waals surface area contributed by atoms with Gasteiger partial charge in [-0.1, -0.05) is 35.6 Å². The lowest BCUT2D eigenvalue weighted by atomic mass is 10.1. The number of anilines is 1. The van der Waals surface area contributed by atoms with E-state index >= 15 is 0 Å². The van der Waals surface area contributed by atoms with E-state index in [1.165, 1.54) is 16.0 Å². The van der Waals surface area contributed by atoms with Crippen molar-refractivity contribution in [3.63, 3.8) is 0 Å². The highest BCUT2D eigenvalue weighted by Gasteiger charge is 2.20. The monoisotopic (exact) mass is 463 g/mol. The van der Waals surface area contributed by atoms with Gasteiger partial charge < -0.3 is 4.90 Å². The van der Waals surface area contributed by atoms with Crippen LogP contribution in [0.15, 0.2) is 47.4 Å². The number of hydrogen-bond donors (Lipinski definition) is 0. The number of amides is 1. The highest BCUT2D eigenvalue weighted by Crippen LogP contribution is 2.32. The van der Waals surface area contributed by atoms with Gasteiger partial charge in [0, 0.05) is 23.6 Å². The predicted octanol–water partition coefficient (Wildman–Crippen LogP) is 5.80. The molecule has 30 heavy (non-hydrogen) atoms. The molecule has 0 aliphatic carbocycles. The number of carbonyl (C=O) groups is 1. The molecule has 1 amide bonds. The number of nitrogens with zero attached hydrogens (tertiary/aromatic N) is 3. The fourth-order valence-electron chi connectivity index (χ4n) is 3.25. The predicted molar refractivity (Wildman–Crippen MR) is 134 cm³/mol. The Bertz CT molecular complexity index is 960. The first-order valence-corrected chi connectivity index (χ1v) is 11.7. The first kappa shape index (κ1) is 24.7. The van der Waals surface area contributed by atoms with Gasteiger partial charge in [-0.05, 0) is 70.2 Å². The second-order valence-corrected chi connectivity index (χ2v) is 9.72. The van der Waals surface area contributed by atoms with Crippen molar-refractivity contribution in [1.29, 1.82) is 0 Å². The summed E-state index contributed by atoms with van der Waals surface area (Å²) in [6, 6.07) is 14.6. The van der Waals surface area contributed by atoms with Crippen molar-refractivity contribution in [2.45, 2.75) is 31.6 Å². The van der Waals surface area contributed by atoms with Crippen molar-refractivity contribution in [3.8, 4) is 0 Å². The van der Waals surface area contributed by atoms with E-state index in [2.05, 4.69) is 57.1 Å². The Kier molecular flexibility index (Phi) is 9.62. The molecule has 0 bridgehead atoms. The van der Waals surface area contributed by atoms with E-state index in [0.29, 0.717) is 13.0 Å². The fourth-order valence-corrected chi connectivity index (χ4v) is 5.30. The van der Waals surface area contributed by atoms with Gasteiger partial charge in [0.15, 0.2) is 5.13 Å². The molecule has 7 heteroatoms. The zero-order valence-corrected chi connectivity index (χ0v) is 20.5. The summed E-state index contributed by atoms with van der Waals surface area (Å²) in [5.41, 5.74) is 3.41. The third kappa shape index (κ3) is 6.71. The lowest BCUT2D eigenvalue weighted by Crippen LogP contribution is -2.33. The molecule has 2 aromatic carbocycles. The van der Waals surface area contributed by atoms with Crippen LogP contribution in [0.5, 0.6) is 0 Å². The van der Waals surface area contributed by atoms with Gasteiger partial charge in [-0.25, -0.2) is 4.98 Å². The minimum absolute atomic E-state index is 0. The molecule has 0 atom stereocenters. The topological polar surface area (TPSA) is 36.4 Å². The van der Waals surface area contributed by atoms with Gasteiger partial charge in [0.25, 0.3) is 0 Å². The first-order valence-electron chi connectivity index (χ1n) is 9.95. The molecule has 3 aromatic rings. The van der Waals surface area contributed by atoms with Crippen molar-refractivity contribution < 1.29 is 4.79 Å². The number of halogens is 1. The van der Waals surface area contributed by atoms with Crippen molar-refractivity contribution in [2.75, 3.05) is 37.8 Å². The average Bonchev–Trinajstić information content (AvgIpc) is 3.09.